The van der Waals surface area contributed by atoms with Gasteiger partial charge < -0.3 is 9.47 Å². The minimum atomic E-state index is -0.181. The van der Waals surface area contributed by atoms with Crippen molar-refractivity contribution in [3.63, 3.8) is 0 Å². The van der Waals surface area contributed by atoms with Gasteiger partial charge in [0.15, 0.2) is 10.9 Å². The maximum Gasteiger partial charge on any atom is 0.262 e. The van der Waals surface area contributed by atoms with Crippen LogP contribution in [0.1, 0.15) is 17.3 Å². The van der Waals surface area contributed by atoms with Gasteiger partial charge in [0.25, 0.3) is 5.56 Å². The van der Waals surface area contributed by atoms with Gasteiger partial charge in [-0.15, -0.1) is 0 Å². The molecule has 6 nitrogen and oxygen atoms in total. The summed E-state index contributed by atoms with van der Waals surface area (Å²) < 4.78 is 12.1. The first-order chi connectivity index (χ1) is 14.0. The molecule has 0 saturated heterocycles. The Morgan fingerprint density at radius 3 is 2.66 bits per heavy atom. The van der Waals surface area contributed by atoms with E-state index in [1.165, 1.54) is 16.3 Å². The van der Waals surface area contributed by atoms with E-state index in [1.807, 2.05) is 6.92 Å². The molecule has 0 radical (unpaired) electrons. The zero-order chi connectivity index (χ0) is 20.8. The van der Waals surface area contributed by atoms with Crippen LogP contribution in [0.4, 0.5) is 0 Å². The van der Waals surface area contributed by atoms with Crippen molar-refractivity contribution in [3.05, 3.63) is 63.4 Å². The molecule has 1 heterocycles. The number of ether oxygens (including phenoxy) is 2. The van der Waals surface area contributed by atoms with Crippen molar-refractivity contribution < 1.29 is 14.3 Å². The third-order valence-corrected chi connectivity index (χ3v) is 5.43. The SMILES string of the molecule is CCOc1ccc(C(=O)CSc2nc3cc(Cl)ccc3c(=O)n2CCOC)cc1. The smallest absolute Gasteiger partial charge is 0.262 e. The van der Waals surface area contributed by atoms with Crippen LogP contribution in [0.15, 0.2) is 52.4 Å². The lowest BCUT2D eigenvalue weighted by molar-refractivity contribution is 0.102. The average molecular weight is 433 g/mol. The Balaban J connectivity index is 1.85. The third kappa shape index (κ3) is 5.18. The number of rotatable bonds is 9. The number of halogens is 1. The summed E-state index contributed by atoms with van der Waals surface area (Å²) >= 11 is 7.27. The summed E-state index contributed by atoms with van der Waals surface area (Å²) in [5, 5.41) is 1.44. The standard InChI is InChI=1S/C21H21ClN2O4S/c1-3-28-16-7-4-14(5-8-16)19(25)13-29-21-23-18-12-15(22)6-9-17(18)20(26)24(21)10-11-27-2/h4-9,12H,3,10-11,13H2,1-2H3. The molecule has 29 heavy (non-hydrogen) atoms. The van der Waals surface area contributed by atoms with Gasteiger partial charge in [-0.05, 0) is 49.4 Å². The van der Waals surface area contributed by atoms with E-state index < -0.39 is 0 Å². The second kappa shape index (κ2) is 9.91. The normalized spacial score (nSPS) is 11.0. The van der Waals surface area contributed by atoms with Crippen molar-refractivity contribution in [2.24, 2.45) is 0 Å². The molecular formula is C21H21ClN2O4S. The fraction of sp³-hybridized carbons (Fsp3) is 0.286. The number of methoxy groups -OCH3 is 1. The first kappa shape index (κ1) is 21.4. The highest BCUT2D eigenvalue weighted by Gasteiger charge is 2.14. The van der Waals surface area contributed by atoms with Crippen LogP contribution in [-0.2, 0) is 11.3 Å². The van der Waals surface area contributed by atoms with E-state index in [-0.39, 0.29) is 17.1 Å². The van der Waals surface area contributed by atoms with E-state index in [4.69, 9.17) is 21.1 Å². The van der Waals surface area contributed by atoms with Crippen molar-refractivity contribution in [3.8, 4) is 5.75 Å². The number of hydrogen-bond donors (Lipinski definition) is 0. The molecule has 0 N–H and O–H groups in total. The summed E-state index contributed by atoms with van der Waals surface area (Å²) in [6.07, 6.45) is 0. The lowest BCUT2D eigenvalue weighted by Gasteiger charge is -2.12. The van der Waals surface area contributed by atoms with Crippen molar-refractivity contribution in [2.75, 3.05) is 26.1 Å². The maximum absolute atomic E-state index is 12.9. The molecule has 8 heteroatoms. The lowest BCUT2D eigenvalue weighted by Crippen LogP contribution is -2.25. The predicted molar refractivity (Wildman–Crippen MR) is 116 cm³/mol. The largest absolute Gasteiger partial charge is 0.494 e. The fourth-order valence-corrected chi connectivity index (χ4v) is 3.87. The van der Waals surface area contributed by atoms with Gasteiger partial charge in [-0.1, -0.05) is 23.4 Å². The van der Waals surface area contributed by atoms with Gasteiger partial charge in [-0.2, -0.15) is 0 Å². The van der Waals surface area contributed by atoms with E-state index >= 15 is 0 Å². The first-order valence-electron chi connectivity index (χ1n) is 9.11. The van der Waals surface area contributed by atoms with Gasteiger partial charge in [0.1, 0.15) is 5.75 Å². The fourth-order valence-electron chi connectivity index (χ4n) is 2.78. The van der Waals surface area contributed by atoms with Gasteiger partial charge in [0.05, 0.1) is 36.4 Å². The van der Waals surface area contributed by atoms with Crippen molar-refractivity contribution >= 4 is 40.0 Å². The summed E-state index contributed by atoms with van der Waals surface area (Å²) in [4.78, 5) is 30.1. The molecule has 1 aromatic heterocycles. The molecular weight excluding hydrogens is 412 g/mol. The molecule has 0 bridgehead atoms. The predicted octanol–water partition coefficient (Wildman–Crippen LogP) is 4.07. The van der Waals surface area contributed by atoms with Crippen LogP contribution in [0.25, 0.3) is 10.9 Å². The van der Waals surface area contributed by atoms with Crippen LogP contribution in [0.5, 0.6) is 5.75 Å². The van der Waals surface area contributed by atoms with E-state index in [9.17, 15) is 9.59 Å². The summed E-state index contributed by atoms with van der Waals surface area (Å²) in [5.74, 6) is 0.814. The molecule has 3 aromatic rings. The monoisotopic (exact) mass is 432 g/mol. The number of fused-ring (bicyclic) bond motifs is 1. The number of carbonyl (C=O) groups excluding carboxylic acids is 1. The summed E-state index contributed by atoms with van der Waals surface area (Å²) in [6.45, 7) is 3.18. The van der Waals surface area contributed by atoms with E-state index in [1.54, 1.807) is 49.6 Å². The van der Waals surface area contributed by atoms with Gasteiger partial charge in [0.2, 0.25) is 0 Å². The van der Waals surface area contributed by atoms with Crippen molar-refractivity contribution in [1.82, 2.24) is 9.55 Å². The highest BCUT2D eigenvalue weighted by molar-refractivity contribution is 7.99. The molecule has 0 unspecified atom stereocenters. The first-order valence-corrected chi connectivity index (χ1v) is 10.5. The van der Waals surface area contributed by atoms with Crippen LogP contribution >= 0.6 is 23.4 Å². The van der Waals surface area contributed by atoms with Crippen LogP contribution in [0.2, 0.25) is 5.02 Å². The summed E-state index contributed by atoms with van der Waals surface area (Å²) in [7, 11) is 1.57. The quantitative estimate of drug-likeness (QED) is 0.288. The number of carbonyl (C=O) groups is 1. The average Bonchev–Trinajstić information content (AvgIpc) is 2.72. The Labute approximate surface area is 177 Å². The van der Waals surface area contributed by atoms with Crippen molar-refractivity contribution in [2.45, 2.75) is 18.6 Å². The number of benzene rings is 2. The van der Waals surface area contributed by atoms with Crippen LogP contribution in [0, 0.1) is 0 Å². The van der Waals surface area contributed by atoms with Gasteiger partial charge in [0, 0.05) is 17.7 Å². The minimum absolute atomic E-state index is 0.0585. The van der Waals surface area contributed by atoms with Gasteiger partial charge >= 0.3 is 0 Å². The molecule has 0 saturated carbocycles. The number of Topliss-reactive ketones (excluding diaryl/α,β-unsaturated/α-hetero) is 1. The lowest BCUT2D eigenvalue weighted by atomic mass is 10.1. The Morgan fingerprint density at radius 2 is 1.97 bits per heavy atom. The third-order valence-electron chi connectivity index (χ3n) is 4.22. The molecule has 3 rings (SSSR count). The minimum Gasteiger partial charge on any atom is -0.494 e. The number of thioether (sulfide) groups is 1. The second-order valence-corrected chi connectivity index (χ2v) is 7.55. The van der Waals surface area contributed by atoms with E-state index in [2.05, 4.69) is 4.98 Å². The Morgan fingerprint density at radius 1 is 1.21 bits per heavy atom. The van der Waals surface area contributed by atoms with Crippen LogP contribution in [-0.4, -0.2) is 41.4 Å². The molecule has 0 spiro atoms. The van der Waals surface area contributed by atoms with Crippen LogP contribution in [0.3, 0.4) is 0 Å². The molecule has 152 valence electrons. The molecule has 0 fully saturated rings. The maximum atomic E-state index is 12.9. The molecule has 0 aliphatic heterocycles. The number of nitrogens with zero attached hydrogens (tertiary/aromatic N) is 2. The zero-order valence-electron chi connectivity index (χ0n) is 16.2. The number of ketones is 1. The topological polar surface area (TPSA) is 70.4 Å². The summed E-state index contributed by atoms with van der Waals surface area (Å²) in [5.41, 5.74) is 0.905. The second-order valence-electron chi connectivity index (χ2n) is 6.17. The highest BCUT2D eigenvalue weighted by Crippen LogP contribution is 2.22. The molecule has 0 aliphatic rings. The molecule has 0 amide bonds. The van der Waals surface area contributed by atoms with Gasteiger partial charge in [-0.3, -0.25) is 14.2 Å². The molecule has 2 aromatic carbocycles. The Kier molecular flexibility index (Phi) is 7.30. The van der Waals surface area contributed by atoms with E-state index in [0.29, 0.717) is 46.4 Å². The Hall–Kier alpha value is -2.35. The zero-order valence-corrected chi connectivity index (χ0v) is 17.8. The number of hydrogen-bond acceptors (Lipinski definition) is 6. The highest BCUT2D eigenvalue weighted by atomic mass is 35.5. The molecule has 0 atom stereocenters. The van der Waals surface area contributed by atoms with Crippen molar-refractivity contribution in [1.29, 1.82) is 0 Å². The van der Waals surface area contributed by atoms with Gasteiger partial charge in [-0.25, -0.2) is 4.98 Å². The number of aromatic nitrogens is 2. The Bertz CT molecular complexity index is 1070. The van der Waals surface area contributed by atoms with Crippen LogP contribution < -0.4 is 10.3 Å². The van der Waals surface area contributed by atoms with E-state index in [0.717, 1.165) is 5.75 Å². The summed E-state index contributed by atoms with van der Waals surface area (Å²) in [6, 6.07) is 12.0. The molecule has 0 aliphatic carbocycles.